The fourth-order valence-electron chi connectivity index (χ4n) is 4.90. The first-order valence-corrected chi connectivity index (χ1v) is 17.8. The van der Waals surface area contributed by atoms with Crippen LogP contribution < -0.4 is 10.1 Å². The number of amides is 1. The number of hydrogen-bond acceptors (Lipinski definition) is 7. The number of carboxylic acids is 1. The summed E-state index contributed by atoms with van der Waals surface area (Å²) in [6.45, 7) is 4.83. The number of unbranched alkanes of at least 4 members (excludes halogenated alkanes) is 9. The average Bonchev–Trinajstić information content (AvgIpc) is 3.02. The number of rotatable bonds is 27. The van der Waals surface area contributed by atoms with Crippen molar-refractivity contribution in [1.29, 1.82) is 0 Å². The molecule has 0 spiro atoms. The van der Waals surface area contributed by atoms with Crippen molar-refractivity contribution in [2.24, 2.45) is 5.92 Å². The predicted molar refractivity (Wildman–Crippen MR) is 180 cm³/mol. The van der Waals surface area contributed by atoms with E-state index in [-0.39, 0.29) is 6.42 Å². The fourth-order valence-corrected chi connectivity index (χ4v) is 5.92. The number of aliphatic hydroxyl groups is 1. The maximum Gasteiger partial charge on any atom is 0.337 e. The van der Waals surface area contributed by atoms with E-state index in [1.165, 1.54) is 37.9 Å². The number of allylic oxidation sites excluding steroid dienone is 1. The van der Waals surface area contributed by atoms with Crippen LogP contribution in [0.1, 0.15) is 103 Å². The van der Waals surface area contributed by atoms with E-state index < -0.39 is 48.3 Å². The molecule has 1 aromatic rings. The molecule has 1 amide bonds. The minimum atomic E-state index is -3.19. The van der Waals surface area contributed by atoms with Gasteiger partial charge in [0.05, 0.1) is 19.6 Å². The van der Waals surface area contributed by atoms with Crippen LogP contribution in [0.2, 0.25) is 0 Å². The zero-order chi connectivity index (χ0) is 34.2. The Hall–Kier alpha value is -2.66. The molecule has 0 aliphatic rings. The second-order valence-corrected chi connectivity index (χ2v) is 12.8. The van der Waals surface area contributed by atoms with Gasteiger partial charge in [0.2, 0.25) is 12.3 Å². The molecular formula is C35H55F2NO7S. The van der Waals surface area contributed by atoms with E-state index in [1.54, 1.807) is 30.3 Å². The van der Waals surface area contributed by atoms with Gasteiger partial charge in [0.1, 0.15) is 11.8 Å². The lowest BCUT2D eigenvalue weighted by Crippen LogP contribution is -2.55. The molecule has 0 radical (unpaired) electrons. The Morgan fingerprint density at radius 1 is 0.935 bits per heavy atom. The maximum absolute atomic E-state index is 13.4. The number of halogens is 2. The lowest BCUT2D eigenvalue weighted by molar-refractivity contribution is -0.171. The summed E-state index contributed by atoms with van der Waals surface area (Å²) in [6.07, 6.45) is 10.6. The molecule has 1 aromatic carbocycles. The van der Waals surface area contributed by atoms with E-state index >= 15 is 0 Å². The standard InChI is InChI=1S/C35H55F2NO7S/c1-4-6-8-12-15-23-46-24-16-13-10-9-11-14-17-29(35(43,34(41)42)26-31(36)37)32(39)38-30(33(40)44-3)25-27-18-20-28(21-19-27)45-22-7-5-2/h14,17-21,29-31,43H,4-13,15-16,22-26H2,1-3H3,(H,38,39)(H,41,42)/t29-,30+,35+/m1/s1. The molecule has 0 saturated carbocycles. The molecule has 0 saturated heterocycles. The number of carbonyl (C=O) groups excluding carboxylic acids is 2. The van der Waals surface area contributed by atoms with E-state index in [4.69, 9.17) is 9.47 Å². The van der Waals surface area contributed by atoms with Crippen molar-refractivity contribution in [1.82, 2.24) is 5.32 Å². The van der Waals surface area contributed by atoms with Gasteiger partial charge in [-0.15, -0.1) is 0 Å². The van der Waals surface area contributed by atoms with E-state index in [0.717, 1.165) is 57.5 Å². The van der Waals surface area contributed by atoms with Gasteiger partial charge in [0.15, 0.2) is 5.60 Å². The number of ether oxygens (including phenoxy) is 2. The van der Waals surface area contributed by atoms with Crippen LogP contribution in [-0.2, 0) is 25.5 Å². The van der Waals surface area contributed by atoms with Crippen molar-refractivity contribution in [3.63, 3.8) is 0 Å². The summed E-state index contributed by atoms with van der Waals surface area (Å²) in [5.74, 6) is -2.76. The van der Waals surface area contributed by atoms with Gasteiger partial charge in [-0.2, -0.15) is 11.8 Å². The van der Waals surface area contributed by atoms with Crippen molar-refractivity contribution >= 4 is 29.6 Å². The molecule has 0 aliphatic carbocycles. The molecule has 8 nitrogen and oxygen atoms in total. The Labute approximate surface area is 278 Å². The summed E-state index contributed by atoms with van der Waals surface area (Å²) < 4.78 is 37.3. The number of esters is 1. The van der Waals surface area contributed by atoms with Crippen molar-refractivity contribution in [3.05, 3.63) is 42.0 Å². The highest BCUT2D eigenvalue weighted by Gasteiger charge is 2.49. The van der Waals surface area contributed by atoms with E-state index in [0.29, 0.717) is 24.3 Å². The van der Waals surface area contributed by atoms with Crippen LogP contribution in [0.3, 0.4) is 0 Å². The normalized spacial score (nSPS) is 14.2. The second-order valence-electron chi connectivity index (χ2n) is 11.6. The zero-order valence-electron chi connectivity index (χ0n) is 27.8. The van der Waals surface area contributed by atoms with E-state index in [9.17, 15) is 33.4 Å². The zero-order valence-corrected chi connectivity index (χ0v) is 28.6. The van der Waals surface area contributed by atoms with Gasteiger partial charge in [-0.25, -0.2) is 18.4 Å². The predicted octanol–water partition coefficient (Wildman–Crippen LogP) is 7.36. The highest BCUT2D eigenvalue weighted by atomic mass is 32.2. The average molecular weight is 672 g/mol. The van der Waals surface area contributed by atoms with E-state index in [1.807, 2.05) is 11.8 Å². The van der Waals surface area contributed by atoms with Crippen LogP contribution in [0.4, 0.5) is 8.78 Å². The number of alkyl halides is 2. The van der Waals surface area contributed by atoms with Gasteiger partial charge in [-0.05, 0) is 61.3 Å². The summed E-state index contributed by atoms with van der Waals surface area (Å²) in [7, 11) is 1.14. The quantitative estimate of drug-likeness (QED) is 0.0504. The summed E-state index contributed by atoms with van der Waals surface area (Å²) in [4.78, 5) is 38.0. The first kappa shape index (κ1) is 41.4. The van der Waals surface area contributed by atoms with Crippen LogP contribution in [-0.4, -0.2) is 71.3 Å². The Bertz CT molecular complexity index is 1020. The number of carboxylic acid groups (broad SMARTS) is 1. The van der Waals surface area contributed by atoms with Crippen LogP contribution in [0.15, 0.2) is 36.4 Å². The van der Waals surface area contributed by atoms with E-state index in [2.05, 4.69) is 19.2 Å². The summed E-state index contributed by atoms with van der Waals surface area (Å²) in [6, 6.07) is 5.65. The monoisotopic (exact) mass is 671 g/mol. The number of nitrogens with one attached hydrogen (secondary N) is 1. The minimum absolute atomic E-state index is 0.0123. The molecule has 46 heavy (non-hydrogen) atoms. The molecule has 0 fully saturated rings. The van der Waals surface area contributed by atoms with Crippen molar-refractivity contribution in [3.8, 4) is 5.75 Å². The molecule has 3 N–H and O–H groups in total. The molecule has 1 rings (SSSR count). The van der Waals surface area contributed by atoms with Gasteiger partial charge in [0, 0.05) is 12.8 Å². The first-order valence-electron chi connectivity index (χ1n) is 16.7. The van der Waals surface area contributed by atoms with Crippen molar-refractivity contribution < 1.29 is 42.9 Å². The van der Waals surface area contributed by atoms with Crippen molar-refractivity contribution in [2.45, 2.75) is 122 Å². The SMILES string of the molecule is CCCCCCCSCCCCCCC=C[C@H](C(=O)N[C@@H](Cc1ccc(OCCCC)cc1)C(=O)OC)[C@@](O)(CC(F)F)C(=O)O. The Morgan fingerprint density at radius 3 is 2.11 bits per heavy atom. The molecular weight excluding hydrogens is 616 g/mol. The maximum atomic E-state index is 13.4. The number of aliphatic carboxylic acids is 1. The van der Waals surface area contributed by atoms with Gasteiger partial charge in [0.25, 0.3) is 0 Å². The summed E-state index contributed by atoms with van der Waals surface area (Å²) in [5.41, 5.74) is -2.43. The Kier molecular flexibility index (Phi) is 22.0. The number of methoxy groups -OCH3 is 1. The molecule has 0 heterocycles. The van der Waals surface area contributed by atoms with Gasteiger partial charge in [-0.1, -0.05) is 83.1 Å². The molecule has 0 bridgehead atoms. The molecule has 0 aromatic heterocycles. The number of benzene rings is 1. The molecule has 3 atom stereocenters. The van der Waals surface area contributed by atoms with Gasteiger partial charge >= 0.3 is 11.9 Å². The van der Waals surface area contributed by atoms with Crippen LogP contribution >= 0.6 is 11.8 Å². The lowest BCUT2D eigenvalue weighted by Gasteiger charge is -2.30. The van der Waals surface area contributed by atoms with Gasteiger partial charge in [-0.3, -0.25) is 4.79 Å². The summed E-state index contributed by atoms with van der Waals surface area (Å²) in [5, 5.41) is 23.1. The molecule has 0 aliphatic heterocycles. The fraction of sp³-hybridized carbons (Fsp3) is 0.686. The second kappa shape index (κ2) is 24.5. The number of hydrogen-bond donors (Lipinski definition) is 3. The Balaban J connectivity index is 2.84. The number of thioether (sulfide) groups is 1. The third-order valence-corrected chi connectivity index (χ3v) is 8.85. The minimum Gasteiger partial charge on any atom is -0.494 e. The highest BCUT2D eigenvalue weighted by molar-refractivity contribution is 7.99. The van der Waals surface area contributed by atoms with Crippen LogP contribution in [0.5, 0.6) is 5.75 Å². The summed E-state index contributed by atoms with van der Waals surface area (Å²) >= 11 is 1.97. The number of carbonyl (C=O) groups is 3. The molecule has 11 heteroatoms. The topological polar surface area (TPSA) is 122 Å². The highest BCUT2D eigenvalue weighted by Crippen LogP contribution is 2.28. The molecule has 262 valence electrons. The smallest absolute Gasteiger partial charge is 0.337 e. The van der Waals surface area contributed by atoms with Crippen LogP contribution in [0, 0.1) is 5.92 Å². The first-order chi connectivity index (χ1) is 22.1. The van der Waals surface area contributed by atoms with Crippen LogP contribution in [0.25, 0.3) is 0 Å². The van der Waals surface area contributed by atoms with Gasteiger partial charge < -0.3 is 25.0 Å². The Morgan fingerprint density at radius 2 is 1.54 bits per heavy atom. The third-order valence-electron chi connectivity index (χ3n) is 7.70. The lowest BCUT2D eigenvalue weighted by atomic mass is 9.83. The molecule has 0 unspecified atom stereocenters. The van der Waals surface area contributed by atoms with Crippen molar-refractivity contribution in [2.75, 3.05) is 25.2 Å². The largest absolute Gasteiger partial charge is 0.494 e. The third kappa shape index (κ3) is 16.8.